The predicted octanol–water partition coefficient (Wildman–Crippen LogP) is 3.31. The Morgan fingerprint density at radius 3 is 2.45 bits per heavy atom. The molecule has 3 heterocycles. The average Bonchev–Trinajstić information content (AvgIpc) is 3.62. The summed E-state index contributed by atoms with van der Waals surface area (Å²) in [7, 11) is 0. The Balaban J connectivity index is 1.34. The van der Waals surface area contributed by atoms with Gasteiger partial charge in [0.25, 0.3) is 17.6 Å². The van der Waals surface area contributed by atoms with Crippen LogP contribution in [0.5, 0.6) is 0 Å². The molecule has 1 aliphatic heterocycles. The number of amides is 2. The van der Waals surface area contributed by atoms with Gasteiger partial charge in [0, 0.05) is 55.0 Å². The number of nitrogens with zero attached hydrogens (tertiary/aromatic N) is 3. The number of ketones is 1. The average molecular weight is 519 g/mol. The van der Waals surface area contributed by atoms with Gasteiger partial charge in [0.05, 0.1) is 17.7 Å². The van der Waals surface area contributed by atoms with Gasteiger partial charge in [-0.25, -0.2) is 9.18 Å². The molecule has 1 saturated heterocycles. The molecule has 1 fully saturated rings. The molecular formula is C27H23FN4O6. The van der Waals surface area contributed by atoms with E-state index in [4.69, 9.17) is 9.26 Å². The summed E-state index contributed by atoms with van der Waals surface area (Å²) in [4.78, 5) is 56.7. The Morgan fingerprint density at radius 2 is 1.74 bits per heavy atom. The van der Waals surface area contributed by atoms with Crippen LogP contribution in [0.4, 0.5) is 4.39 Å². The zero-order valence-corrected chi connectivity index (χ0v) is 20.4. The molecule has 0 aliphatic carbocycles. The van der Waals surface area contributed by atoms with Crippen LogP contribution in [-0.2, 0) is 9.53 Å². The number of carbonyl (C=O) groups excluding carboxylic acids is 4. The van der Waals surface area contributed by atoms with Crippen molar-refractivity contribution in [3.8, 4) is 11.3 Å². The first-order valence-corrected chi connectivity index (χ1v) is 12.0. The van der Waals surface area contributed by atoms with Crippen LogP contribution < -0.4 is 0 Å². The molecule has 4 aromatic rings. The summed E-state index contributed by atoms with van der Waals surface area (Å²) in [5, 5.41) is 3.62. The third-order valence-corrected chi connectivity index (χ3v) is 6.36. The lowest BCUT2D eigenvalue weighted by Gasteiger charge is -2.34. The number of Topliss-reactive ketones (excluding diaryl/α,β-unsaturated/α-hetero) is 1. The van der Waals surface area contributed by atoms with Gasteiger partial charge in [-0.05, 0) is 31.2 Å². The zero-order valence-electron chi connectivity index (χ0n) is 20.4. The Morgan fingerprint density at radius 1 is 1.03 bits per heavy atom. The number of halogens is 1. The number of hydrogen-bond donors (Lipinski definition) is 1. The first kappa shape index (κ1) is 24.9. The highest BCUT2D eigenvalue weighted by Crippen LogP contribution is 2.32. The normalized spacial score (nSPS) is 13.5. The van der Waals surface area contributed by atoms with Crippen molar-refractivity contribution in [3.05, 3.63) is 77.4 Å². The number of fused-ring (bicyclic) bond motifs is 1. The molecule has 38 heavy (non-hydrogen) atoms. The summed E-state index contributed by atoms with van der Waals surface area (Å²) >= 11 is 0. The second-order valence-electron chi connectivity index (χ2n) is 8.62. The largest absolute Gasteiger partial charge is 0.461 e. The molecular weight excluding hydrogens is 495 g/mol. The molecule has 1 N–H and O–H groups in total. The maximum atomic E-state index is 14.9. The van der Waals surface area contributed by atoms with Gasteiger partial charge in [0.1, 0.15) is 5.82 Å². The third kappa shape index (κ3) is 4.54. The van der Waals surface area contributed by atoms with E-state index in [1.165, 1.54) is 23.2 Å². The molecule has 194 valence electrons. The molecule has 2 aromatic carbocycles. The molecule has 0 unspecified atom stereocenters. The highest BCUT2D eigenvalue weighted by atomic mass is 19.1. The summed E-state index contributed by atoms with van der Waals surface area (Å²) in [6.07, 6.45) is 1.27. The molecule has 2 amide bonds. The Kier molecular flexibility index (Phi) is 6.73. The van der Waals surface area contributed by atoms with Crippen LogP contribution >= 0.6 is 0 Å². The van der Waals surface area contributed by atoms with Gasteiger partial charge in [-0.3, -0.25) is 14.4 Å². The fraction of sp³-hybridized carbons (Fsp3) is 0.222. The highest BCUT2D eigenvalue weighted by Gasteiger charge is 2.31. The van der Waals surface area contributed by atoms with Gasteiger partial charge in [-0.1, -0.05) is 23.4 Å². The predicted molar refractivity (Wildman–Crippen MR) is 133 cm³/mol. The Bertz CT molecular complexity index is 1540. The number of H-pyrrole nitrogens is 1. The second kappa shape index (κ2) is 10.3. The van der Waals surface area contributed by atoms with Crippen molar-refractivity contribution in [2.75, 3.05) is 32.8 Å². The van der Waals surface area contributed by atoms with Crippen LogP contribution in [0.1, 0.15) is 38.1 Å². The molecule has 10 nitrogen and oxygen atoms in total. The Hall–Kier alpha value is -4.80. The lowest BCUT2D eigenvalue weighted by atomic mass is 10.0. The molecule has 0 saturated carbocycles. The standard InChI is InChI=1S/C27H23FN4O6/c1-2-37-27(36)20-14-21(38-30-20)17-8-9-19(28)22-18(15-29-23(17)22)24(33)26(35)32-12-10-31(11-13-32)25(34)16-6-4-3-5-7-16/h3-9,14-15,29H,2,10-13H2,1H3. The quantitative estimate of drug-likeness (QED) is 0.236. The number of ether oxygens (including phenoxy) is 1. The van der Waals surface area contributed by atoms with Crippen molar-refractivity contribution < 1.29 is 32.8 Å². The zero-order chi connectivity index (χ0) is 26.8. The van der Waals surface area contributed by atoms with Crippen molar-refractivity contribution in [1.29, 1.82) is 0 Å². The molecule has 11 heteroatoms. The summed E-state index contributed by atoms with van der Waals surface area (Å²) in [5.41, 5.74) is 0.934. The topological polar surface area (TPSA) is 126 Å². The number of carbonyl (C=O) groups is 4. The number of nitrogens with one attached hydrogen (secondary N) is 1. The van der Waals surface area contributed by atoms with E-state index in [9.17, 15) is 23.6 Å². The van der Waals surface area contributed by atoms with Crippen molar-refractivity contribution in [3.63, 3.8) is 0 Å². The van der Waals surface area contributed by atoms with Gasteiger partial charge in [0.2, 0.25) is 0 Å². The fourth-order valence-corrected chi connectivity index (χ4v) is 4.43. The first-order chi connectivity index (χ1) is 18.4. The molecule has 0 atom stereocenters. The molecule has 5 rings (SSSR count). The van der Waals surface area contributed by atoms with E-state index in [-0.39, 0.29) is 66.6 Å². The van der Waals surface area contributed by atoms with E-state index in [1.807, 2.05) is 6.07 Å². The maximum Gasteiger partial charge on any atom is 0.360 e. The van der Waals surface area contributed by atoms with E-state index in [0.29, 0.717) is 11.1 Å². The van der Waals surface area contributed by atoms with Gasteiger partial charge in [0.15, 0.2) is 11.5 Å². The van der Waals surface area contributed by atoms with E-state index in [0.717, 1.165) is 6.07 Å². The van der Waals surface area contributed by atoms with Crippen molar-refractivity contribution >= 4 is 34.5 Å². The van der Waals surface area contributed by atoms with Gasteiger partial charge in [-0.2, -0.15) is 0 Å². The number of esters is 1. The molecule has 0 spiro atoms. The Labute approximate surface area is 215 Å². The third-order valence-electron chi connectivity index (χ3n) is 6.36. The summed E-state index contributed by atoms with van der Waals surface area (Å²) in [5.74, 6) is -3.02. The molecule has 0 radical (unpaired) electrons. The van der Waals surface area contributed by atoms with E-state index in [1.54, 1.807) is 36.1 Å². The number of benzene rings is 2. The van der Waals surface area contributed by atoms with E-state index < -0.39 is 23.5 Å². The number of aromatic nitrogens is 2. The number of hydrogen-bond acceptors (Lipinski definition) is 7. The van der Waals surface area contributed by atoms with Crippen LogP contribution in [0.2, 0.25) is 0 Å². The molecule has 0 bridgehead atoms. The molecule has 2 aromatic heterocycles. The second-order valence-corrected chi connectivity index (χ2v) is 8.62. The summed E-state index contributed by atoms with van der Waals surface area (Å²) in [6, 6.07) is 12.7. The van der Waals surface area contributed by atoms with Crippen molar-refractivity contribution in [2.45, 2.75) is 6.92 Å². The van der Waals surface area contributed by atoms with Crippen LogP contribution in [0, 0.1) is 5.82 Å². The van der Waals surface area contributed by atoms with E-state index in [2.05, 4.69) is 10.1 Å². The van der Waals surface area contributed by atoms with Gasteiger partial charge < -0.3 is 24.0 Å². The fourth-order valence-electron chi connectivity index (χ4n) is 4.43. The van der Waals surface area contributed by atoms with Crippen LogP contribution in [-0.4, -0.2) is 76.3 Å². The summed E-state index contributed by atoms with van der Waals surface area (Å²) in [6.45, 7) is 2.71. The molecule has 1 aliphatic rings. The minimum absolute atomic E-state index is 0.0535. The van der Waals surface area contributed by atoms with E-state index >= 15 is 0 Å². The van der Waals surface area contributed by atoms with Crippen LogP contribution in [0.15, 0.2) is 59.3 Å². The van der Waals surface area contributed by atoms with Crippen molar-refractivity contribution in [1.82, 2.24) is 19.9 Å². The van der Waals surface area contributed by atoms with Crippen LogP contribution in [0.3, 0.4) is 0 Å². The number of piperazine rings is 1. The number of aromatic amines is 1. The lowest BCUT2D eigenvalue weighted by Crippen LogP contribution is -2.52. The lowest BCUT2D eigenvalue weighted by molar-refractivity contribution is -0.127. The van der Waals surface area contributed by atoms with Crippen LogP contribution in [0.25, 0.3) is 22.2 Å². The number of rotatable bonds is 6. The highest BCUT2D eigenvalue weighted by molar-refractivity contribution is 6.45. The summed E-state index contributed by atoms with van der Waals surface area (Å²) < 4.78 is 25.1. The van der Waals surface area contributed by atoms with Gasteiger partial charge >= 0.3 is 5.97 Å². The smallest absolute Gasteiger partial charge is 0.360 e. The van der Waals surface area contributed by atoms with Gasteiger partial charge in [-0.15, -0.1) is 0 Å². The SMILES string of the molecule is CCOC(=O)c1cc(-c2ccc(F)c3c(C(=O)C(=O)N4CCN(C(=O)c5ccccc5)CC4)c[nH]c23)on1. The first-order valence-electron chi connectivity index (χ1n) is 12.0. The maximum absolute atomic E-state index is 14.9. The minimum Gasteiger partial charge on any atom is -0.461 e. The van der Waals surface area contributed by atoms with Crippen molar-refractivity contribution in [2.24, 2.45) is 0 Å². The minimum atomic E-state index is -0.875. The monoisotopic (exact) mass is 518 g/mol.